The summed E-state index contributed by atoms with van der Waals surface area (Å²) in [6.07, 6.45) is 0.861. The van der Waals surface area contributed by atoms with E-state index in [1.807, 2.05) is 0 Å². The van der Waals surface area contributed by atoms with Crippen LogP contribution in [-0.2, 0) is 9.84 Å². The predicted molar refractivity (Wildman–Crippen MR) is 52.4 cm³/mol. The van der Waals surface area contributed by atoms with E-state index in [4.69, 9.17) is 0 Å². The molecule has 2 bridgehead atoms. The van der Waals surface area contributed by atoms with Crippen LogP contribution in [0.15, 0.2) is 0 Å². The van der Waals surface area contributed by atoms with Crippen molar-refractivity contribution in [1.82, 2.24) is 4.90 Å². The molecule has 0 aliphatic carbocycles. The molecule has 2 atom stereocenters. The molecular weight excluding hydrogens is 186 g/mol. The molecule has 2 rings (SSSR count). The summed E-state index contributed by atoms with van der Waals surface area (Å²) in [6, 6.07) is 0.287. The van der Waals surface area contributed by atoms with E-state index < -0.39 is 9.84 Å². The number of hydrogen-bond donors (Lipinski definition) is 0. The van der Waals surface area contributed by atoms with E-state index in [1.54, 1.807) is 0 Å². The van der Waals surface area contributed by atoms with Crippen molar-refractivity contribution >= 4 is 9.84 Å². The summed E-state index contributed by atoms with van der Waals surface area (Å²) in [5.74, 6) is 0.384. The van der Waals surface area contributed by atoms with Gasteiger partial charge >= 0.3 is 0 Å². The minimum absolute atomic E-state index is 0.0725. The second-order valence-corrected chi connectivity index (χ2v) is 7.49. The molecule has 2 heterocycles. The highest BCUT2D eigenvalue weighted by atomic mass is 32.2. The Morgan fingerprint density at radius 3 is 2.23 bits per heavy atom. The molecule has 76 valence electrons. The summed E-state index contributed by atoms with van der Waals surface area (Å²) < 4.78 is 22.9. The summed E-state index contributed by atoms with van der Waals surface area (Å²) in [5.41, 5.74) is 0.120. The van der Waals surface area contributed by atoms with Crippen LogP contribution < -0.4 is 0 Å². The van der Waals surface area contributed by atoms with Crippen LogP contribution in [0.3, 0.4) is 0 Å². The minimum Gasteiger partial charge on any atom is -0.293 e. The highest BCUT2D eigenvalue weighted by molar-refractivity contribution is 7.92. The van der Waals surface area contributed by atoms with Crippen molar-refractivity contribution in [1.29, 1.82) is 0 Å². The van der Waals surface area contributed by atoms with Crippen LogP contribution in [0.4, 0.5) is 0 Å². The maximum absolute atomic E-state index is 11.5. The number of nitrogens with zero attached hydrogens (tertiary/aromatic N) is 1. The largest absolute Gasteiger partial charge is 0.293 e. The lowest BCUT2D eigenvalue weighted by Crippen LogP contribution is -2.50. The normalized spacial score (nSPS) is 38.4. The monoisotopic (exact) mass is 203 g/mol. The Balaban J connectivity index is 2.21. The Hall–Kier alpha value is -0.0900. The van der Waals surface area contributed by atoms with Gasteiger partial charge < -0.3 is 0 Å². The molecule has 0 N–H and O–H groups in total. The van der Waals surface area contributed by atoms with Gasteiger partial charge in [-0.25, -0.2) is 8.42 Å². The Morgan fingerprint density at radius 1 is 1.31 bits per heavy atom. The molecule has 2 aliphatic heterocycles. The van der Waals surface area contributed by atoms with Crippen molar-refractivity contribution in [3.05, 3.63) is 0 Å². The predicted octanol–water partition coefficient (Wildman–Crippen LogP) is 0.656. The van der Waals surface area contributed by atoms with E-state index in [-0.39, 0.29) is 16.8 Å². The third-order valence-electron chi connectivity index (χ3n) is 3.17. The van der Waals surface area contributed by atoms with Crippen LogP contribution in [0.1, 0.15) is 27.2 Å². The van der Waals surface area contributed by atoms with E-state index in [1.165, 1.54) is 0 Å². The molecule has 13 heavy (non-hydrogen) atoms. The van der Waals surface area contributed by atoms with Crippen molar-refractivity contribution in [3.8, 4) is 0 Å². The number of fused-ring (bicyclic) bond motifs is 2. The van der Waals surface area contributed by atoms with Crippen LogP contribution >= 0.6 is 0 Å². The van der Waals surface area contributed by atoms with E-state index >= 15 is 0 Å². The van der Waals surface area contributed by atoms with Gasteiger partial charge in [0.15, 0.2) is 9.84 Å². The highest BCUT2D eigenvalue weighted by Crippen LogP contribution is 2.36. The van der Waals surface area contributed by atoms with Crippen molar-refractivity contribution in [3.63, 3.8) is 0 Å². The Labute approximate surface area is 80.0 Å². The molecule has 0 aromatic rings. The first kappa shape index (κ1) is 9.46. The zero-order valence-electron chi connectivity index (χ0n) is 8.45. The maximum Gasteiger partial charge on any atom is 0.156 e. The van der Waals surface area contributed by atoms with Crippen molar-refractivity contribution in [2.75, 3.05) is 12.3 Å². The first-order valence-corrected chi connectivity index (χ1v) is 6.50. The zero-order valence-corrected chi connectivity index (χ0v) is 9.26. The van der Waals surface area contributed by atoms with Crippen LogP contribution in [0.2, 0.25) is 0 Å². The molecule has 2 aliphatic rings. The smallest absolute Gasteiger partial charge is 0.156 e. The van der Waals surface area contributed by atoms with E-state index in [0.717, 1.165) is 13.0 Å². The molecule has 3 nitrogen and oxygen atoms in total. The highest BCUT2D eigenvalue weighted by Gasteiger charge is 2.50. The van der Waals surface area contributed by atoms with Gasteiger partial charge in [-0.15, -0.1) is 0 Å². The Bertz CT molecular complexity index is 315. The van der Waals surface area contributed by atoms with Gasteiger partial charge in [-0.2, -0.15) is 0 Å². The fraction of sp³-hybridized carbons (Fsp3) is 1.00. The Kier molecular flexibility index (Phi) is 1.81. The molecular formula is C9H17NO2S. The number of sulfone groups is 1. The average molecular weight is 203 g/mol. The molecule has 2 saturated heterocycles. The fourth-order valence-corrected chi connectivity index (χ4v) is 4.55. The van der Waals surface area contributed by atoms with Crippen LogP contribution in [0.25, 0.3) is 0 Å². The van der Waals surface area contributed by atoms with Crippen LogP contribution in [-0.4, -0.2) is 42.4 Å². The molecule has 0 aromatic carbocycles. The van der Waals surface area contributed by atoms with E-state index in [0.29, 0.717) is 5.75 Å². The molecule has 0 unspecified atom stereocenters. The van der Waals surface area contributed by atoms with Crippen molar-refractivity contribution in [2.24, 2.45) is 0 Å². The standard InChI is InChI=1S/C9H17NO2S/c1-9(2,3)10-5-8-4-7(10)6-13(8,11)12/h7-8H,4-6H2,1-3H3/t7-,8-/m0/s1. The van der Waals surface area contributed by atoms with Gasteiger partial charge in [0, 0.05) is 18.1 Å². The summed E-state index contributed by atoms with van der Waals surface area (Å²) in [7, 11) is -2.72. The number of hydrogen-bond acceptors (Lipinski definition) is 3. The zero-order chi connectivity index (χ0) is 9.85. The minimum atomic E-state index is -2.72. The number of likely N-dealkylation sites (tertiary alicyclic amines) is 1. The SMILES string of the molecule is CC(C)(C)N1C[C@@H]2C[C@H]1CS2(=O)=O. The second-order valence-electron chi connectivity index (χ2n) is 5.16. The van der Waals surface area contributed by atoms with E-state index in [2.05, 4.69) is 25.7 Å². The Morgan fingerprint density at radius 2 is 1.92 bits per heavy atom. The number of rotatable bonds is 0. The first-order valence-electron chi connectivity index (χ1n) is 4.79. The summed E-state index contributed by atoms with van der Waals surface area (Å²) in [5, 5.41) is -0.0725. The molecule has 0 saturated carbocycles. The topological polar surface area (TPSA) is 37.4 Å². The fourth-order valence-electron chi connectivity index (χ4n) is 2.52. The summed E-state index contributed by atoms with van der Waals surface area (Å²) >= 11 is 0. The van der Waals surface area contributed by atoms with Gasteiger partial charge in [0.1, 0.15) is 0 Å². The van der Waals surface area contributed by atoms with E-state index in [9.17, 15) is 8.42 Å². The van der Waals surface area contributed by atoms with Gasteiger partial charge in [-0.05, 0) is 27.2 Å². The molecule has 0 aromatic heterocycles. The van der Waals surface area contributed by atoms with Gasteiger partial charge in [-0.3, -0.25) is 4.90 Å². The second kappa shape index (κ2) is 2.48. The van der Waals surface area contributed by atoms with Crippen LogP contribution in [0.5, 0.6) is 0 Å². The average Bonchev–Trinajstić information content (AvgIpc) is 2.38. The molecule has 0 amide bonds. The lowest BCUT2D eigenvalue weighted by molar-refractivity contribution is 0.129. The third-order valence-corrected chi connectivity index (χ3v) is 5.38. The molecule has 2 fully saturated rings. The molecule has 0 spiro atoms. The van der Waals surface area contributed by atoms with Gasteiger partial charge in [0.05, 0.1) is 11.0 Å². The van der Waals surface area contributed by atoms with Gasteiger partial charge in [0.25, 0.3) is 0 Å². The quantitative estimate of drug-likeness (QED) is 0.580. The molecule has 4 heteroatoms. The van der Waals surface area contributed by atoms with Crippen LogP contribution in [0, 0.1) is 0 Å². The summed E-state index contributed by atoms with van der Waals surface area (Å²) in [4.78, 5) is 2.33. The van der Waals surface area contributed by atoms with Gasteiger partial charge in [-0.1, -0.05) is 0 Å². The van der Waals surface area contributed by atoms with Crippen molar-refractivity contribution < 1.29 is 8.42 Å². The third kappa shape index (κ3) is 1.40. The van der Waals surface area contributed by atoms with Gasteiger partial charge in [0.2, 0.25) is 0 Å². The first-order chi connectivity index (χ1) is 5.81. The molecule has 0 radical (unpaired) electrons. The lowest BCUT2D eigenvalue weighted by Gasteiger charge is -2.38. The lowest BCUT2D eigenvalue weighted by atomic mass is 10.1. The van der Waals surface area contributed by atoms with Crippen molar-refractivity contribution in [2.45, 2.75) is 44.0 Å². The summed E-state index contributed by atoms with van der Waals surface area (Å²) in [6.45, 7) is 7.21. The maximum atomic E-state index is 11.5.